The predicted octanol–water partition coefficient (Wildman–Crippen LogP) is 0.540. The van der Waals surface area contributed by atoms with Gasteiger partial charge in [-0.05, 0) is 0 Å². The molecule has 7 nitrogen and oxygen atoms in total. The van der Waals surface area contributed by atoms with Crippen molar-refractivity contribution >= 4 is 23.3 Å². The Morgan fingerprint density at radius 2 is 2.38 bits per heavy atom. The van der Waals surface area contributed by atoms with E-state index in [4.69, 9.17) is 11.0 Å². The first-order valence-electron chi connectivity index (χ1n) is 2.97. The smallest absolute Gasteiger partial charge is 0.344 e. The minimum absolute atomic E-state index is 0.0417. The van der Waals surface area contributed by atoms with Gasteiger partial charge in [0.25, 0.3) is 0 Å². The number of nitrogens with two attached hydrogens (primary N) is 1. The first-order chi connectivity index (χ1) is 6.16. The summed E-state index contributed by atoms with van der Waals surface area (Å²) in [4.78, 5) is 16.7. The van der Waals surface area contributed by atoms with Gasteiger partial charge in [0.15, 0.2) is 5.03 Å². The number of thiocyanates is 1. The van der Waals surface area contributed by atoms with Crippen LogP contribution in [-0.2, 0) is 0 Å². The van der Waals surface area contributed by atoms with Crippen LogP contribution in [0.25, 0.3) is 0 Å². The van der Waals surface area contributed by atoms with Gasteiger partial charge in [-0.2, -0.15) is 5.26 Å². The average Bonchev–Trinajstić information content (AvgIpc) is 2.04. The molecule has 1 aromatic heterocycles. The Hall–Kier alpha value is -1.88. The minimum Gasteiger partial charge on any atom is -0.378 e. The van der Waals surface area contributed by atoms with Crippen molar-refractivity contribution in [1.29, 1.82) is 5.26 Å². The molecule has 0 bridgehead atoms. The highest BCUT2D eigenvalue weighted by molar-refractivity contribution is 8.03. The molecule has 66 valence electrons. The summed E-state index contributed by atoms with van der Waals surface area (Å²) in [5.74, 6) is -0.238. The second-order valence-electron chi connectivity index (χ2n) is 1.86. The number of thioether (sulfide) groups is 1. The first kappa shape index (κ1) is 9.21. The van der Waals surface area contributed by atoms with Crippen LogP contribution >= 0.6 is 11.8 Å². The number of nitro groups is 1. The molecule has 0 saturated carbocycles. The lowest BCUT2D eigenvalue weighted by Gasteiger charge is -1.97. The van der Waals surface area contributed by atoms with Crippen molar-refractivity contribution in [1.82, 2.24) is 9.97 Å². The highest BCUT2D eigenvalue weighted by Gasteiger charge is 2.20. The zero-order chi connectivity index (χ0) is 9.84. The van der Waals surface area contributed by atoms with Crippen LogP contribution in [0.3, 0.4) is 0 Å². The van der Waals surface area contributed by atoms with Gasteiger partial charge in [-0.3, -0.25) is 10.1 Å². The molecule has 0 amide bonds. The summed E-state index contributed by atoms with van der Waals surface area (Å²) in [6.45, 7) is 0. The van der Waals surface area contributed by atoms with Crippen LogP contribution in [0.4, 0.5) is 11.5 Å². The molecule has 0 unspecified atom stereocenters. The van der Waals surface area contributed by atoms with Crippen molar-refractivity contribution in [2.45, 2.75) is 5.03 Å². The average molecular weight is 197 g/mol. The standard InChI is InChI=1S/C5H3N5O2S/c6-1-13-5-3(10(11)12)4(7)8-2-9-5/h2H,(H2,7,8,9). The van der Waals surface area contributed by atoms with Gasteiger partial charge >= 0.3 is 5.69 Å². The predicted molar refractivity (Wildman–Crippen MR) is 44.6 cm³/mol. The molecule has 0 aliphatic heterocycles. The highest BCUT2D eigenvalue weighted by Crippen LogP contribution is 2.29. The van der Waals surface area contributed by atoms with Crippen LogP contribution in [0, 0.1) is 20.8 Å². The van der Waals surface area contributed by atoms with Crippen molar-refractivity contribution in [3.05, 3.63) is 16.4 Å². The second kappa shape index (κ2) is 3.68. The van der Waals surface area contributed by atoms with E-state index in [9.17, 15) is 10.1 Å². The molecule has 8 heteroatoms. The van der Waals surface area contributed by atoms with Gasteiger partial charge in [0.1, 0.15) is 11.7 Å². The SMILES string of the molecule is N#CSc1ncnc(N)c1[N+](=O)[O-]. The number of aromatic nitrogens is 2. The molecule has 0 saturated heterocycles. The molecule has 13 heavy (non-hydrogen) atoms. The van der Waals surface area contributed by atoms with Gasteiger partial charge in [0.05, 0.1) is 4.92 Å². The maximum Gasteiger partial charge on any atom is 0.344 e. The summed E-state index contributed by atoms with van der Waals surface area (Å²) in [5.41, 5.74) is 4.81. The number of nitriles is 1. The monoisotopic (exact) mass is 197 g/mol. The van der Waals surface area contributed by atoms with E-state index in [1.54, 1.807) is 5.40 Å². The maximum absolute atomic E-state index is 10.4. The number of nitrogen functional groups attached to an aromatic ring is 1. The quantitative estimate of drug-likeness (QED) is 0.241. The summed E-state index contributed by atoms with van der Waals surface area (Å²) in [5, 5.41) is 20.4. The molecule has 0 aromatic carbocycles. The molecular weight excluding hydrogens is 194 g/mol. The maximum atomic E-state index is 10.4. The van der Waals surface area contributed by atoms with Crippen LogP contribution in [0.1, 0.15) is 0 Å². The summed E-state index contributed by atoms with van der Waals surface area (Å²) in [6.07, 6.45) is 1.07. The third kappa shape index (κ3) is 1.83. The fraction of sp³-hybridized carbons (Fsp3) is 0. The number of rotatable bonds is 2. The van der Waals surface area contributed by atoms with Gasteiger partial charge in [-0.25, -0.2) is 9.97 Å². The van der Waals surface area contributed by atoms with Crippen LogP contribution < -0.4 is 5.73 Å². The summed E-state index contributed by atoms with van der Waals surface area (Å²) < 4.78 is 0. The largest absolute Gasteiger partial charge is 0.378 e. The molecule has 1 rings (SSSR count). The van der Waals surface area contributed by atoms with Gasteiger partial charge in [-0.1, -0.05) is 0 Å². The van der Waals surface area contributed by atoms with Crippen molar-refractivity contribution in [2.75, 3.05) is 5.73 Å². The topological polar surface area (TPSA) is 119 Å². The van der Waals surface area contributed by atoms with E-state index in [2.05, 4.69) is 9.97 Å². The number of nitrogens with zero attached hydrogens (tertiary/aromatic N) is 4. The summed E-state index contributed by atoms with van der Waals surface area (Å²) >= 11 is 0.577. The van der Waals surface area contributed by atoms with Crippen molar-refractivity contribution in [2.24, 2.45) is 0 Å². The summed E-state index contributed by atoms with van der Waals surface area (Å²) in [7, 11) is 0. The molecule has 0 aliphatic carbocycles. The fourth-order valence-electron chi connectivity index (χ4n) is 0.665. The van der Waals surface area contributed by atoms with Crippen LogP contribution in [-0.4, -0.2) is 14.9 Å². The Kier molecular flexibility index (Phi) is 2.61. The number of anilines is 1. The molecule has 0 radical (unpaired) electrons. The lowest BCUT2D eigenvalue weighted by Crippen LogP contribution is -2.01. The lowest BCUT2D eigenvalue weighted by molar-refractivity contribution is -0.387. The Morgan fingerprint density at radius 1 is 1.69 bits per heavy atom. The van der Waals surface area contributed by atoms with Gasteiger partial charge < -0.3 is 5.73 Å². The molecule has 0 fully saturated rings. The van der Waals surface area contributed by atoms with Crippen LogP contribution in [0.15, 0.2) is 11.4 Å². The van der Waals surface area contributed by atoms with E-state index in [-0.39, 0.29) is 10.8 Å². The Balaban J connectivity index is 3.27. The van der Waals surface area contributed by atoms with E-state index in [1.165, 1.54) is 0 Å². The lowest BCUT2D eigenvalue weighted by atomic mass is 10.5. The molecule has 0 atom stereocenters. The van der Waals surface area contributed by atoms with Crippen molar-refractivity contribution in [3.8, 4) is 5.40 Å². The first-order valence-corrected chi connectivity index (χ1v) is 3.79. The zero-order valence-corrected chi connectivity index (χ0v) is 6.98. The molecular formula is C5H3N5O2S. The van der Waals surface area contributed by atoms with E-state index >= 15 is 0 Å². The van der Waals surface area contributed by atoms with Crippen molar-refractivity contribution in [3.63, 3.8) is 0 Å². The van der Waals surface area contributed by atoms with Crippen molar-refractivity contribution < 1.29 is 4.92 Å². The molecule has 0 spiro atoms. The third-order valence-corrected chi connectivity index (χ3v) is 1.73. The van der Waals surface area contributed by atoms with Crippen LogP contribution in [0.2, 0.25) is 0 Å². The summed E-state index contributed by atoms with van der Waals surface area (Å²) in [6, 6.07) is 0. The van der Waals surface area contributed by atoms with Gasteiger partial charge in [-0.15, -0.1) is 0 Å². The molecule has 2 N–H and O–H groups in total. The van der Waals surface area contributed by atoms with Gasteiger partial charge in [0.2, 0.25) is 5.82 Å². The van der Waals surface area contributed by atoms with Crippen LogP contribution in [0.5, 0.6) is 0 Å². The molecule has 1 aromatic rings. The van der Waals surface area contributed by atoms with Gasteiger partial charge in [0, 0.05) is 11.8 Å². The minimum atomic E-state index is -0.713. The third-order valence-electron chi connectivity index (χ3n) is 1.14. The normalized spacial score (nSPS) is 9.15. The molecule has 1 heterocycles. The van der Waals surface area contributed by atoms with E-state index in [0.717, 1.165) is 6.33 Å². The Labute approximate surface area is 76.7 Å². The highest BCUT2D eigenvalue weighted by atomic mass is 32.2. The van der Waals surface area contributed by atoms with E-state index in [1.807, 2.05) is 0 Å². The number of hydrogen-bond donors (Lipinski definition) is 1. The fourth-order valence-corrected chi connectivity index (χ4v) is 1.13. The second-order valence-corrected chi connectivity index (χ2v) is 2.64. The Morgan fingerprint density at radius 3 is 2.92 bits per heavy atom. The zero-order valence-electron chi connectivity index (χ0n) is 6.17. The van der Waals surface area contributed by atoms with E-state index in [0.29, 0.717) is 11.8 Å². The Bertz CT molecular complexity index is 387. The van der Waals surface area contributed by atoms with E-state index < -0.39 is 10.6 Å². The number of hydrogen-bond acceptors (Lipinski definition) is 7. The molecule has 0 aliphatic rings.